The highest BCUT2D eigenvalue weighted by Gasteiger charge is 2.34. The van der Waals surface area contributed by atoms with Crippen LogP contribution in [0.2, 0.25) is 0 Å². The summed E-state index contributed by atoms with van der Waals surface area (Å²) in [4.78, 5) is 32.3. The second-order valence-electron chi connectivity index (χ2n) is 11.2. The van der Waals surface area contributed by atoms with Crippen LogP contribution in [0.15, 0.2) is 91.0 Å². The number of benzene rings is 3. The molecular weight excluding hydrogens is 612 g/mol. The molecule has 0 aliphatic carbocycles. The van der Waals surface area contributed by atoms with Gasteiger partial charge in [-0.05, 0) is 69.3 Å². The molecule has 0 radical (unpaired) electrons. The van der Waals surface area contributed by atoms with E-state index in [-0.39, 0.29) is 42.6 Å². The Morgan fingerprint density at radius 1 is 1.11 bits per heavy atom. The minimum absolute atomic E-state index is 0.00547. The lowest BCUT2D eigenvalue weighted by Crippen LogP contribution is -2.52. The fraction of sp³-hybridized carbons (Fsp3) is 0.281. The van der Waals surface area contributed by atoms with Crippen LogP contribution in [0.5, 0.6) is 0 Å². The van der Waals surface area contributed by atoms with Gasteiger partial charge in [0.15, 0.2) is 5.58 Å². The molecule has 238 valence electrons. The summed E-state index contributed by atoms with van der Waals surface area (Å²) in [6.07, 6.45) is -1.24. The summed E-state index contributed by atoms with van der Waals surface area (Å²) in [5.74, 6) is -0.357. The van der Waals surface area contributed by atoms with Crippen molar-refractivity contribution in [3.63, 3.8) is 0 Å². The third kappa shape index (κ3) is 6.62. The molecule has 1 unspecified atom stereocenters. The van der Waals surface area contributed by atoms with E-state index in [0.29, 0.717) is 22.9 Å². The second kappa shape index (κ2) is 12.7. The molecule has 1 N–H and O–H groups in total. The number of aromatic nitrogens is 3. The summed E-state index contributed by atoms with van der Waals surface area (Å²) in [6, 6.07) is 20.6. The molecule has 6 rings (SSSR count). The van der Waals surface area contributed by atoms with Crippen molar-refractivity contribution in [2.45, 2.75) is 50.8 Å². The van der Waals surface area contributed by atoms with Crippen molar-refractivity contribution in [1.82, 2.24) is 15.2 Å². The lowest BCUT2D eigenvalue weighted by molar-refractivity contribution is -0.790. The van der Waals surface area contributed by atoms with E-state index < -0.39 is 27.9 Å². The summed E-state index contributed by atoms with van der Waals surface area (Å²) in [6.45, 7) is 5.91. The summed E-state index contributed by atoms with van der Waals surface area (Å²) < 4.78 is 48.3. The zero-order valence-electron chi connectivity index (χ0n) is 25.4. The molecule has 46 heavy (non-hydrogen) atoms. The first-order chi connectivity index (χ1) is 22.1. The number of nitrogens with zero attached hydrogens (tertiary/aromatic N) is 5. The molecule has 2 aromatic heterocycles. The zero-order valence-corrected chi connectivity index (χ0v) is 26.2. The summed E-state index contributed by atoms with van der Waals surface area (Å²) in [5.41, 5.74) is 3.71. The number of rotatable bonds is 9. The Bertz CT molecular complexity index is 2030. The highest BCUT2D eigenvalue weighted by atomic mass is 32.2. The van der Waals surface area contributed by atoms with Gasteiger partial charge in [-0.2, -0.15) is 8.42 Å². The lowest BCUT2D eigenvalue weighted by atomic mass is 10.1. The Balaban J connectivity index is 1.14. The number of sulfonamides is 1. The van der Waals surface area contributed by atoms with E-state index in [9.17, 15) is 18.0 Å². The maximum atomic E-state index is 13.4. The van der Waals surface area contributed by atoms with Crippen LogP contribution in [-0.2, 0) is 30.9 Å². The molecule has 5 aromatic rings. The monoisotopic (exact) mass is 644 g/mol. The number of hydrogen-bond donors (Lipinski definition) is 1. The van der Waals surface area contributed by atoms with Gasteiger partial charge in [-0.1, -0.05) is 29.8 Å². The van der Waals surface area contributed by atoms with E-state index in [1.165, 1.54) is 21.7 Å². The number of amides is 2. The summed E-state index contributed by atoms with van der Waals surface area (Å²) in [7, 11) is -4.11. The van der Waals surface area contributed by atoms with Gasteiger partial charge in [-0.25, -0.2) is 9.67 Å². The predicted octanol–water partition coefficient (Wildman–Crippen LogP) is 3.27. The van der Waals surface area contributed by atoms with E-state index in [1.54, 1.807) is 36.4 Å². The first-order valence-electron chi connectivity index (χ1n) is 14.7. The van der Waals surface area contributed by atoms with Crippen LogP contribution in [0.3, 0.4) is 0 Å². The van der Waals surface area contributed by atoms with E-state index in [4.69, 9.17) is 13.7 Å². The maximum Gasteiger partial charge on any atom is 0.289 e. The topological polar surface area (TPSA) is 162 Å². The molecule has 1 aliphatic heterocycles. The van der Waals surface area contributed by atoms with Crippen molar-refractivity contribution in [3.05, 3.63) is 89.6 Å². The maximum absolute atomic E-state index is 13.4. The van der Waals surface area contributed by atoms with Crippen LogP contribution >= 0.6 is 0 Å². The van der Waals surface area contributed by atoms with Crippen molar-refractivity contribution in [2.24, 2.45) is 4.40 Å². The standard InChI is InChI=1S/C32H32N6O7S/c1-20(2)38-26(31(45-36-38)35-46(41,42)24-14-8-21(3)9-15-24)19-37-16-17-43-28(32(37)40)18-29(39)33-23-12-10-22(11-13-23)30-34-25-6-4-5-7-27(25)44-30/h4-15,20,28H,16-19H2,1-3H3,(H,33,39)/b35-31-. The number of para-hydroxylation sites is 2. The number of nitrogens with one attached hydrogen (secondary N) is 1. The molecule has 0 bridgehead atoms. The minimum atomic E-state index is -4.11. The van der Waals surface area contributed by atoms with Crippen LogP contribution in [0.25, 0.3) is 22.6 Å². The van der Waals surface area contributed by atoms with Crippen molar-refractivity contribution < 1.29 is 36.4 Å². The number of carbonyl (C=O) groups excluding carboxylic acids is 2. The molecule has 0 saturated carbocycles. The number of carbonyl (C=O) groups is 2. The number of anilines is 1. The fourth-order valence-corrected chi connectivity index (χ4v) is 5.96. The van der Waals surface area contributed by atoms with E-state index in [1.807, 2.05) is 45.0 Å². The summed E-state index contributed by atoms with van der Waals surface area (Å²) >= 11 is 0. The van der Waals surface area contributed by atoms with Gasteiger partial charge in [-0.3, -0.25) is 14.9 Å². The van der Waals surface area contributed by atoms with Crippen LogP contribution < -0.4 is 20.8 Å². The van der Waals surface area contributed by atoms with E-state index in [2.05, 4.69) is 20.0 Å². The number of fused-ring (bicyclic) bond motifs is 1. The summed E-state index contributed by atoms with van der Waals surface area (Å²) in [5, 5.41) is 6.79. The molecule has 1 fully saturated rings. The zero-order chi connectivity index (χ0) is 32.4. The lowest BCUT2D eigenvalue weighted by Gasteiger charge is -2.31. The van der Waals surface area contributed by atoms with Crippen molar-refractivity contribution >= 4 is 38.6 Å². The van der Waals surface area contributed by atoms with E-state index in [0.717, 1.165) is 16.6 Å². The number of aryl methyl sites for hydroxylation is 1. The van der Waals surface area contributed by atoms with Crippen molar-refractivity contribution in [2.75, 3.05) is 18.5 Å². The third-order valence-corrected chi connectivity index (χ3v) is 8.71. The average molecular weight is 645 g/mol. The van der Waals surface area contributed by atoms with Gasteiger partial charge in [0.1, 0.15) is 24.2 Å². The number of ether oxygens (including phenoxy) is 1. The Hall–Kier alpha value is -5.08. The minimum Gasteiger partial charge on any atom is -0.486 e. The van der Waals surface area contributed by atoms with Gasteiger partial charge in [0.2, 0.25) is 11.8 Å². The van der Waals surface area contributed by atoms with Gasteiger partial charge in [0.05, 0.1) is 17.9 Å². The SMILES string of the molecule is Cc1ccc(S(=O)(=O)/N=c2\o[n-][n+](C(C)C)c2CN2CCOC(CC(=O)Nc3ccc(-c4nc5ccccc5o4)cc3)C2=O)cc1. The Morgan fingerprint density at radius 2 is 1.85 bits per heavy atom. The third-order valence-electron chi connectivity index (χ3n) is 7.44. The Morgan fingerprint density at radius 3 is 2.57 bits per heavy atom. The molecule has 1 saturated heterocycles. The predicted molar refractivity (Wildman–Crippen MR) is 164 cm³/mol. The molecule has 0 spiro atoms. The van der Waals surface area contributed by atoms with Gasteiger partial charge in [-0.15, -0.1) is 4.40 Å². The van der Waals surface area contributed by atoms with Gasteiger partial charge < -0.3 is 23.9 Å². The van der Waals surface area contributed by atoms with Crippen LogP contribution in [0.1, 0.15) is 37.6 Å². The fourth-order valence-electron chi connectivity index (χ4n) is 5.02. The largest absolute Gasteiger partial charge is 0.486 e. The van der Waals surface area contributed by atoms with Gasteiger partial charge in [0, 0.05) is 17.8 Å². The Labute approximate surface area is 264 Å². The molecule has 13 nitrogen and oxygen atoms in total. The van der Waals surface area contributed by atoms with Crippen LogP contribution in [0, 0.1) is 6.92 Å². The molecule has 14 heteroatoms. The average Bonchev–Trinajstić information content (AvgIpc) is 3.64. The van der Waals surface area contributed by atoms with Crippen LogP contribution in [-0.4, -0.2) is 49.4 Å². The smallest absolute Gasteiger partial charge is 0.289 e. The highest BCUT2D eigenvalue weighted by molar-refractivity contribution is 7.90. The highest BCUT2D eigenvalue weighted by Crippen LogP contribution is 2.25. The molecular formula is C32H32N6O7S. The normalized spacial score (nSPS) is 16.0. The van der Waals surface area contributed by atoms with E-state index >= 15 is 0 Å². The quantitative estimate of drug-likeness (QED) is 0.237. The van der Waals surface area contributed by atoms with Crippen molar-refractivity contribution in [1.29, 1.82) is 0 Å². The van der Waals surface area contributed by atoms with Crippen molar-refractivity contribution in [3.8, 4) is 11.5 Å². The number of morpholine rings is 1. The molecule has 3 heterocycles. The van der Waals surface area contributed by atoms with Crippen LogP contribution in [0.4, 0.5) is 5.69 Å². The Kier molecular flexibility index (Phi) is 8.56. The second-order valence-corrected chi connectivity index (χ2v) is 12.8. The number of oxazole rings is 1. The molecule has 1 aliphatic rings. The first kappa shape index (κ1) is 30.9. The van der Waals surface area contributed by atoms with Gasteiger partial charge >= 0.3 is 0 Å². The van der Waals surface area contributed by atoms with Gasteiger partial charge in [0.25, 0.3) is 27.2 Å². The molecule has 1 atom stereocenters. The molecule has 2 amide bonds. The number of hydrogen-bond acceptors (Lipinski definition) is 8. The first-order valence-corrected chi connectivity index (χ1v) is 16.1. The molecule has 3 aromatic carbocycles.